The lowest BCUT2D eigenvalue weighted by Crippen LogP contribution is -2.40. The van der Waals surface area contributed by atoms with Crippen LogP contribution in [-0.2, 0) is 4.74 Å². The number of thiophene rings is 2. The Morgan fingerprint density at radius 2 is 1.75 bits per heavy atom. The summed E-state index contributed by atoms with van der Waals surface area (Å²) < 4.78 is 5.39. The van der Waals surface area contributed by atoms with Gasteiger partial charge in [0.2, 0.25) is 0 Å². The van der Waals surface area contributed by atoms with E-state index < -0.39 is 0 Å². The second kappa shape index (κ2) is 7.33. The molecule has 0 spiro atoms. The fourth-order valence-corrected chi connectivity index (χ4v) is 4.15. The lowest BCUT2D eigenvalue weighted by atomic mass is 10.2. The summed E-state index contributed by atoms with van der Waals surface area (Å²) in [5, 5.41) is 8.01. The molecular weight excluding hydrogens is 288 g/mol. The normalized spacial score (nSPS) is 16.9. The van der Waals surface area contributed by atoms with E-state index in [2.05, 4.69) is 45.2 Å². The van der Waals surface area contributed by atoms with Crippen LogP contribution < -0.4 is 5.32 Å². The topological polar surface area (TPSA) is 24.5 Å². The van der Waals surface area contributed by atoms with Crippen LogP contribution in [0.25, 0.3) is 0 Å². The van der Waals surface area contributed by atoms with Gasteiger partial charge in [-0.1, -0.05) is 12.1 Å². The third-order valence-electron chi connectivity index (χ3n) is 3.54. The number of rotatable bonds is 6. The molecular formula is C15H20N2OS2. The molecule has 0 atom stereocenters. The van der Waals surface area contributed by atoms with Crippen molar-refractivity contribution in [2.75, 3.05) is 39.4 Å². The Labute approximate surface area is 128 Å². The van der Waals surface area contributed by atoms with Crippen LogP contribution in [0.3, 0.4) is 0 Å². The van der Waals surface area contributed by atoms with Crippen LogP contribution in [-0.4, -0.2) is 44.3 Å². The van der Waals surface area contributed by atoms with Gasteiger partial charge >= 0.3 is 0 Å². The van der Waals surface area contributed by atoms with Crippen molar-refractivity contribution in [2.45, 2.75) is 6.04 Å². The van der Waals surface area contributed by atoms with Crippen LogP contribution in [0.1, 0.15) is 15.8 Å². The van der Waals surface area contributed by atoms with Crippen molar-refractivity contribution in [2.24, 2.45) is 0 Å². The Morgan fingerprint density at radius 1 is 1.10 bits per heavy atom. The third-order valence-corrected chi connectivity index (χ3v) is 5.41. The summed E-state index contributed by atoms with van der Waals surface area (Å²) in [7, 11) is 0. The highest BCUT2D eigenvalue weighted by atomic mass is 32.1. The van der Waals surface area contributed by atoms with Crippen LogP contribution in [0.4, 0.5) is 0 Å². The largest absolute Gasteiger partial charge is 0.379 e. The van der Waals surface area contributed by atoms with E-state index in [1.54, 1.807) is 0 Å². The third kappa shape index (κ3) is 3.68. The molecule has 1 saturated heterocycles. The molecule has 20 heavy (non-hydrogen) atoms. The summed E-state index contributed by atoms with van der Waals surface area (Å²) in [6.07, 6.45) is 0. The molecule has 108 valence electrons. The zero-order valence-corrected chi connectivity index (χ0v) is 13.1. The number of nitrogens with one attached hydrogen (secondary N) is 1. The first kappa shape index (κ1) is 14.2. The highest BCUT2D eigenvalue weighted by molar-refractivity contribution is 7.11. The zero-order valence-electron chi connectivity index (χ0n) is 11.5. The first-order valence-electron chi connectivity index (χ1n) is 7.04. The van der Waals surface area contributed by atoms with E-state index in [9.17, 15) is 0 Å². The molecule has 0 radical (unpaired) electrons. The van der Waals surface area contributed by atoms with Crippen LogP contribution >= 0.6 is 22.7 Å². The van der Waals surface area contributed by atoms with E-state index in [1.165, 1.54) is 9.75 Å². The van der Waals surface area contributed by atoms with Crippen LogP contribution in [0.2, 0.25) is 0 Å². The van der Waals surface area contributed by atoms with Crippen molar-refractivity contribution in [3.8, 4) is 0 Å². The van der Waals surface area contributed by atoms with Gasteiger partial charge in [-0.05, 0) is 22.9 Å². The fourth-order valence-electron chi connectivity index (χ4n) is 2.44. The Balaban J connectivity index is 1.57. The van der Waals surface area contributed by atoms with Gasteiger partial charge in [-0.15, -0.1) is 22.7 Å². The van der Waals surface area contributed by atoms with Crippen molar-refractivity contribution in [3.05, 3.63) is 44.8 Å². The van der Waals surface area contributed by atoms with Gasteiger partial charge < -0.3 is 10.1 Å². The minimum absolute atomic E-state index is 0.344. The van der Waals surface area contributed by atoms with Crippen molar-refractivity contribution < 1.29 is 4.74 Å². The lowest BCUT2D eigenvalue weighted by molar-refractivity contribution is 0.0382. The Kier molecular flexibility index (Phi) is 5.22. The minimum Gasteiger partial charge on any atom is -0.379 e. The van der Waals surface area contributed by atoms with Crippen molar-refractivity contribution in [1.82, 2.24) is 10.2 Å². The molecule has 5 heteroatoms. The standard InChI is InChI=1S/C15H20N2OS2/c1-3-13(19-11-1)15(14-4-2-12-20-14)16-5-6-17-7-9-18-10-8-17/h1-4,11-12,15-16H,5-10H2. The van der Waals surface area contributed by atoms with Crippen molar-refractivity contribution in [1.29, 1.82) is 0 Å². The van der Waals surface area contributed by atoms with E-state index in [-0.39, 0.29) is 0 Å². The number of morpholine rings is 1. The van der Waals surface area contributed by atoms with Gasteiger partial charge in [0.15, 0.2) is 0 Å². The van der Waals surface area contributed by atoms with Crippen LogP contribution in [0.5, 0.6) is 0 Å². The molecule has 0 amide bonds. The summed E-state index contributed by atoms with van der Waals surface area (Å²) in [4.78, 5) is 5.26. The molecule has 3 rings (SSSR count). The second-order valence-electron chi connectivity index (χ2n) is 4.87. The summed E-state index contributed by atoms with van der Waals surface area (Å²) in [5.74, 6) is 0. The molecule has 1 fully saturated rings. The van der Waals surface area contributed by atoms with Gasteiger partial charge in [-0.25, -0.2) is 0 Å². The van der Waals surface area contributed by atoms with E-state index in [1.807, 2.05) is 22.7 Å². The highest BCUT2D eigenvalue weighted by Crippen LogP contribution is 2.28. The van der Waals surface area contributed by atoms with Crippen LogP contribution in [0, 0.1) is 0 Å². The summed E-state index contributed by atoms with van der Waals surface area (Å²) in [6, 6.07) is 9.04. The van der Waals surface area contributed by atoms with Crippen molar-refractivity contribution in [3.63, 3.8) is 0 Å². The molecule has 1 N–H and O–H groups in total. The summed E-state index contributed by atoms with van der Waals surface area (Å²) >= 11 is 3.65. The number of hydrogen-bond acceptors (Lipinski definition) is 5. The molecule has 0 aliphatic carbocycles. The summed E-state index contributed by atoms with van der Waals surface area (Å²) in [5.41, 5.74) is 0. The molecule has 0 unspecified atom stereocenters. The molecule has 2 aromatic rings. The lowest BCUT2D eigenvalue weighted by Gasteiger charge is -2.27. The van der Waals surface area contributed by atoms with E-state index in [0.29, 0.717) is 6.04 Å². The van der Waals surface area contributed by atoms with Gasteiger partial charge in [0.25, 0.3) is 0 Å². The van der Waals surface area contributed by atoms with E-state index >= 15 is 0 Å². The monoisotopic (exact) mass is 308 g/mol. The van der Waals surface area contributed by atoms with Gasteiger partial charge in [0.1, 0.15) is 0 Å². The quantitative estimate of drug-likeness (QED) is 0.888. The predicted octanol–water partition coefficient (Wildman–Crippen LogP) is 2.82. The molecule has 2 aromatic heterocycles. The molecule has 1 aliphatic heterocycles. The predicted molar refractivity (Wildman–Crippen MR) is 85.7 cm³/mol. The number of ether oxygens (including phenoxy) is 1. The molecule has 3 nitrogen and oxygen atoms in total. The number of nitrogens with zero attached hydrogens (tertiary/aromatic N) is 1. The zero-order chi connectivity index (χ0) is 13.6. The molecule has 3 heterocycles. The number of hydrogen-bond donors (Lipinski definition) is 1. The smallest absolute Gasteiger partial charge is 0.0765 e. The summed E-state index contributed by atoms with van der Waals surface area (Å²) in [6.45, 7) is 5.98. The van der Waals surface area contributed by atoms with Gasteiger partial charge in [0.05, 0.1) is 19.3 Å². The van der Waals surface area contributed by atoms with Gasteiger partial charge in [-0.2, -0.15) is 0 Å². The Morgan fingerprint density at radius 3 is 2.30 bits per heavy atom. The molecule has 0 bridgehead atoms. The van der Waals surface area contributed by atoms with Crippen LogP contribution in [0.15, 0.2) is 35.0 Å². The van der Waals surface area contributed by atoms with Crippen molar-refractivity contribution >= 4 is 22.7 Å². The van der Waals surface area contributed by atoms with E-state index in [4.69, 9.17) is 4.74 Å². The molecule has 0 aromatic carbocycles. The first-order chi connectivity index (χ1) is 9.93. The van der Waals surface area contributed by atoms with E-state index in [0.717, 1.165) is 39.4 Å². The Bertz CT molecular complexity index is 444. The average molecular weight is 308 g/mol. The van der Waals surface area contributed by atoms with Gasteiger partial charge in [-0.3, -0.25) is 4.90 Å². The van der Waals surface area contributed by atoms with Gasteiger partial charge in [0, 0.05) is 35.9 Å². The average Bonchev–Trinajstić information content (AvgIpc) is 3.18. The fraction of sp³-hybridized carbons (Fsp3) is 0.467. The minimum atomic E-state index is 0.344. The molecule has 0 saturated carbocycles. The Hall–Kier alpha value is -0.720. The molecule has 1 aliphatic rings. The highest BCUT2D eigenvalue weighted by Gasteiger charge is 2.16. The first-order valence-corrected chi connectivity index (χ1v) is 8.80. The maximum absolute atomic E-state index is 5.39. The second-order valence-corrected chi connectivity index (χ2v) is 6.83. The maximum Gasteiger partial charge on any atom is 0.0765 e. The SMILES string of the molecule is c1csc(C(NCCN2CCOCC2)c2cccs2)c1. The maximum atomic E-state index is 5.39.